The summed E-state index contributed by atoms with van der Waals surface area (Å²) in [5.74, 6) is -0.338. The predicted octanol–water partition coefficient (Wildman–Crippen LogP) is 4.04. The molecule has 2 N–H and O–H groups in total. The molecule has 28 heavy (non-hydrogen) atoms. The van der Waals surface area contributed by atoms with Gasteiger partial charge in [-0.25, -0.2) is 4.98 Å². The average molecular weight is 398 g/mol. The van der Waals surface area contributed by atoms with Crippen molar-refractivity contribution < 1.29 is 9.59 Å². The van der Waals surface area contributed by atoms with E-state index in [0.717, 1.165) is 16.8 Å². The molecule has 0 aliphatic rings. The Morgan fingerprint density at radius 1 is 1.11 bits per heavy atom. The topological polar surface area (TPSA) is 88.9 Å². The maximum atomic E-state index is 12.3. The van der Waals surface area contributed by atoms with Crippen LogP contribution in [0.25, 0.3) is 11.3 Å². The Morgan fingerprint density at radius 3 is 2.43 bits per heavy atom. The second kappa shape index (κ2) is 8.35. The van der Waals surface area contributed by atoms with E-state index < -0.39 is 0 Å². The zero-order valence-electron chi connectivity index (χ0n) is 16.3. The summed E-state index contributed by atoms with van der Waals surface area (Å²) >= 11 is 1.36. The minimum absolute atomic E-state index is 0.0533. The molecule has 0 saturated heterocycles. The fourth-order valence-electron chi connectivity index (χ4n) is 2.70. The van der Waals surface area contributed by atoms with Gasteiger partial charge in [-0.3, -0.25) is 19.6 Å². The van der Waals surface area contributed by atoms with Crippen molar-refractivity contribution in [3.05, 3.63) is 53.2 Å². The molecule has 0 spiro atoms. The van der Waals surface area contributed by atoms with Gasteiger partial charge in [0.1, 0.15) is 0 Å². The molecule has 0 aliphatic carbocycles. The number of thiazole rings is 1. The van der Waals surface area contributed by atoms with E-state index in [2.05, 4.69) is 20.7 Å². The van der Waals surface area contributed by atoms with Crippen LogP contribution >= 0.6 is 11.3 Å². The third kappa shape index (κ3) is 4.64. The van der Waals surface area contributed by atoms with Gasteiger partial charge in [-0.05, 0) is 32.4 Å². The Bertz CT molecular complexity index is 975. The van der Waals surface area contributed by atoms with Gasteiger partial charge >= 0.3 is 0 Å². The largest absolute Gasteiger partial charge is 0.350 e. The molecular formula is C20H23N5O2S. The van der Waals surface area contributed by atoms with Gasteiger partial charge < -0.3 is 5.32 Å². The van der Waals surface area contributed by atoms with Crippen molar-refractivity contribution in [2.24, 2.45) is 0 Å². The molecule has 1 atom stereocenters. The maximum absolute atomic E-state index is 12.3. The van der Waals surface area contributed by atoms with Crippen molar-refractivity contribution in [2.75, 3.05) is 5.32 Å². The first-order valence-electron chi connectivity index (χ1n) is 9.03. The number of hydrogen-bond donors (Lipinski definition) is 2. The van der Waals surface area contributed by atoms with Crippen LogP contribution in [0.2, 0.25) is 0 Å². The van der Waals surface area contributed by atoms with Gasteiger partial charge in [-0.2, -0.15) is 5.10 Å². The molecule has 0 radical (unpaired) electrons. The Morgan fingerprint density at radius 2 is 1.82 bits per heavy atom. The number of aromatic nitrogens is 3. The number of nitrogens with zero attached hydrogens (tertiary/aromatic N) is 3. The lowest BCUT2D eigenvalue weighted by molar-refractivity contribution is -0.119. The normalized spacial score (nSPS) is 12.0. The SMILES string of the molecule is CC(=O)NC(C)c1ccc(-c2csc(NC(=O)c3ccn(C(C)C)n3)n2)cc1. The first-order valence-corrected chi connectivity index (χ1v) is 9.91. The van der Waals surface area contributed by atoms with Gasteiger partial charge in [0, 0.05) is 30.1 Å². The summed E-state index contributed by atoms with van der Waals surface area (Å²) in [5, 5.41) is 12.3. The van der Waals surface area contributed by atoms with Crippen LogP contribution in [-0.4, -0.2) is 26.6 Å². The molecule has 0 saturated carbocycles. The van der Waals surface area contributed by atoms with Crippen LogP contribution < -0.4 is 10.6 Å². The molecule has 1 aromatic carbocycles. The zero-order valence-corrected chi connectivity index (χ0v) is 17.1. The van der Waals surface area contributed by atoms with Crippen LogP contribution in [0.5, 0.6) is 0 Å². The summed E-state index contributed by atoms with van der Waals surface area (Å²) in [5.41, 5.74) is 3.11. The Kier molecular flexibility index (Phi) is 5.89. The molecule has 7 nitrogen and oxygen atoms in total. The maximum Gasteiger partial charge on any atom is 0.277 e. The fourth-order valence-corrected chi connectivity index (χ4v) is 3.42. The summed E-state index contributed by atoms with van der Waals surface area (Å²) in [4.78, 5) is 28.0. The van der Waals surface area contributed by atoms with Crippen LogP contribution in [0.1, 0.15) is 55.8 Å². The number of benzene rings is 1. The molecule has 8 heteroatoms. The molecule has 3 rings (SSSR count). The minimum Gasteiger partial charge on any atom is -0.350 e. The Balaban J connectivity index is 1.68. The van der Waals surface area contributed by atoms with Crippen molar-refractivity contribution >= 4 is 28.3 Å². The molecular weight excluding hydrogens is 374 g/mol. The molecule has 1 unspecified atom stereocenters. The molecule has 0 fully saturated rings. The van der Waals surface area contributed by atoms with Crippen molar-refractivity contribution in [3.63, 3.8) is 0 Å². The van der Waals surface area contributed by atoms with Crippen molar-refractivity contribution in [2.45, 2.75) is 39.8 Å². The number of hydrogen-bond acceptors (Lipinski definition) is 5. The van der Waals surface area contributed by atoms with E-state index in [0.29, 0.717) is 10.8 Å². The van der Waals surface area contributed by atoms with E-state index in [4.69, 9.17) is 0 Å². The number of amides is 2. The average Bonchev–Trinajstić information content (AvgIpc) is 3.31. The quantitative estimate of drug-likeness (QED) is 0.657. The highest BCUT2D eigenvalue weighted by atomic mass is 32.1. The number of anilines is 1. The van der Waals surface area contributed by atoms with E-state index in [1.54, 1.807) is 16.9 Å². The van der Waals surface area contributed by atoms with Crippen LogP contribution in [0.4, 0.5) is 5.13 Å². The van der Waals surface area contributed by atoms with Crippen LogP contribution in [0, 0.1) is 0 Å². The van der Waals surface area contributed by atoms with Gasteiger partial charge in [0.15, 0.2) is 10.8 Å². The summed E-state index contributed by atoms with van der Waals surface area (Å²) in [7, 11) is 0. The number of rotatable bonds is 6. The van der Waals surface area contributed by atoms with E-state index >= 15 is 0 Å². The van der Waals surface area contributed by atoms with E-state index in [1.165, 1.54) is 18.3 Å². The summed E-state index contributed by atoms with van der Waals surface area (Å²) in [6.07, 6.45) is 1.79. The van der Waals surface area contributed by atoms with Crippen LogP contribution in [-0.2, 0) is 4.79 Å². The second-order valence-electron chi connectivity index (χ2n) is 6.81. The number of nitrogens with one attached hydrogen (secondary N) is 2. The number of carbonyl (C=O) groups is 2. The van der Waals surface area contributed by atoms with Crippen molar-refractivity contribution in [3.8, 4) is 11.3 Å². The highest BCUT2D eigenvalue weighted by Gasteiger charge is 2.14. The van der Waals surface area contributed by atoms with Gasteiger partial charge in [-0.15, -0.1) is 11.3 Å². The van der Waals surface area contributed by atoms with Crippen molar-refractivity contribution in [1.29, 1.82) is 0 Å². The van der Waals surface area contributed by atoms with Gasteiger partial charge in [0.2, 0.25) is 5.91 Å². The summed E-state index contributed by atoms with van der Waals surface area (Å²) in [6.45, 7) is 7.45. The highest BCUT2D eigenvalue weighted by molar-refractivity contribution is 7.14. The highest BCUT2D eigenvalue weighted by Crippen LogP contribution is 2.26. The molecule has 2 aromatic heterocycles. The first-order chi connectivity index (χ1) is 13.3. The van der Waals surface area contributed by atoms with Gasteiger partial charge in [-0.1, -0.05) is 24.3 Å². The third-order valence-corrected chi connectivity index (χ3v) is 4.98. The third-order valence-electron chi connectivity index (χ3n) is 4.22. The summed E-state index contributed by atoms with van der Waals surface area (Å²) < 4.78 is 1.74. The molecule has 146 valence electrons. The lowest BCUT2D eigenvalue weighted by Crippen LogP contribution is -2.23. The molecule has 2 amide bonds. The van der Waals surface area contributed by atoms with E-state index in [1.807, 2.05) is 50.4 Å². The van der Waals surface area contributed by atoms with E-state index in [9.17, 15) is 9.59 Å². The smallest absolute Gasteiger partial charge is 0.277 e. The Hall–Kier alpha value is -3.00. The van der Waals surface area contributed by atoms with Crippen LogP contribution in [0.3, 0.4) is 0 Å². The molecule has 0 aliphatic heterocycles. The fraction of sp³-hybridized carbons (Fsp3) is 0.300. The van der Waals surface area contributed by atoms with E-state index in [-0.39, 0.29) is 23.9 Å². The standard InChI is InChI=1S/C20H23N5O2S/c1-12(2)25-10-9-17(24-25)19(27)23-20-22-18(11-28-20)16-7-5-15(6-8-16)13(3)21-14(4)26/h5-13H,1-4H3,(H,21,26)(H,22,23,27). The lowest BCUT2D eigenvalue weighted by atomic mass is 10.1. The first kappa shape index (κ1) is 19.8. The monoisotopic (exact) mass is 397 g/mol. The number of carbonyl (C=O) groups excluding carboxylic acids is 2. The molecule has 2 heterocycles. The molecule has 0 bridgehead atoms. The van der Waals surface area contributed by atoms with Gasteiger partial charge in [0.05, 0.1) is 11.7 Å². The minimum atomic E-state index is -0.278. The van der Waals surface area contributed by atoms with Crippen LogP contribution in [0.15, 0.2) is 41.9 Å². The van der Waals surface area contributed by atoms with Gasteiger partial charge in [0.25, 0.3) is 5.91 Å². The van der Waals surface area contributed by atoms with Crippen molar-refractivity contribution in [1.82, 2.24) is 20.1 Å². The summed E-state index contributed by atoms with van der Waals surface area (Å²) in [6, 6.07) is 9.68. The zero-order chi connectivity index (χ0) is 20.3. The lowest BCUT2D eigenvalue weighted by Gasteiger charge is -2.12. The molecule has 3 aromatic rings. The predicted molar refractivity (Wildman–Crippen MR) is 110 cm³/mol. The Labute approximate surface area is 167 Å². The second-order valence-corrected chi connectivity index (χ2v) is 7.67.